The molecule has 8 heteroatoms. The van der Waals surface area contributed by atoms with Gasteiger partial charge in [-0.05, 0) is 39.5 Å². The minimum atomic E-state index is -3.66. The van der Waals surface area contributed by atoms with Crippen LogP contribution in [0.15, 0.2) is 38.3 Å². The van der Waals surface area contributed by atoms with Gasteiger partial charge in [-0.15, -0.1) is 11.3 Å². The number of hydrogen-bond acceptors (Lipinski definition) is 4. The molecule has 0 fully saturated rings. The molecular formula is C10H7BrClNO3S2. The molecule has 0 saturated carbocycles. The molecule has 2 rings (SSSR count). The van der Waals surface area contributed by atoms with Crippen LogP contribution in [0.5, 0.6) is 5.75 Å². The van der Waals surface area contributed by atoms with Crippen molar-refractivity contribution in [2.45, 2.75) is 4.21 Å². The van der Waals surface area contributed by atoms with E-state index >= 15 is 0 Å². The SMILES string of the molecule is O=S(=O)(Nc1ccc(Cl)c(O)c1)c1sccc1Br. The summed E-state index contributed by atoms with van der Waals surface area (Å²) in [4.78, 5) is 0. The van der Waals surface area contributed by atoms with E-state index < -0.39 is 10.0 Å². The Bertz CT molecular complexity index is 684. The van der Waals surface area contributed by atoms with Gasteiger partial charge in [0.1, 0.15) is 5.75 Å². The van der Waals surface area contributed by atoms with E-state index in [9.17, 15) is 13.5 Å². The van der Waals surface area contributed by atoms with E-state index in [-0.39, 0.29) is 20.7 Å². The number of nitrogens with one attached hydrogen (secondary N) is 1. The van der Waals surface area contributed by atoms with Crippen molar-refractivity contribution in [1.82, 2.24) is 0 Å². The summed E-state index contributed by atoms with van der Waals surface area (Å²) in [7, 11) is -3.66. The number of sulfonamides is 1. The third-order valence-corrected chi connectivity index (χ3v) is 6.40. The van der Waals surface area contributed by atoms with Crippen LogP contribution in [0.25, 0.3) is 0 Å². The number of thiophene rings is 1. The molecule has 0 unspecified atom stereocenters. The van der Waals surface area contributed by atoms with Crippen molar-refractivity contribution in [1.29, 1.82) is 0 Å². The van der Waals surface area contributed by atoms with E-state index in [1.807, 2.05) is 0 Å². The van der Waals surface area contributed by atoms with Crippen molar-refractivity contribution in [2.75, 3.05) is 4.72 Å². The number of phenolic OH excluding ortho intramolecular Hbond substituents is 1. The Balaban J connectivity index is 2.34. The maximum absolute atomic E-state index is 12.0. The Morgan fingerprint density at radius 1 is 1.33 bits per heavy atom. The van der Waals surface area contributed by atoms with Gasteiger partial charge in [0.05, 0.1) is 10.7 Å². The molecule has 0 spiro atoms. The zero-order chi connectivity index (χ0) is 13.3. The summed E-state index contributed by atoms with van der Waals surface area (Å²) < 4.78 is 27.1. The third kappa shape index (κ3) is 2.80. The van der Waals surface area contributed by atoms with Gasteiger partial charge < -0.3 is 5.11 Å². The van der Waals surface area contributed by atoms with Crippen LogP contribution < -0.4 is 4.72 Å². The van der Waals surface area contributed by atoms with Crippen LogP contribution in [0.1, 0.15) is 0 Å². The first-order valence-electron chi connectivity index (χ1n) is 4.64. The number of halogens is 2. The standard InChI is InChI=1S/C10H7BrClNO3S2/c11-7-3-4-17-10(7)18(15,16)13-6-1-2-8(12)9(14)5-6/h1-5,13-14H. The molecule has 2 aromatic rings. The third-order valence-electron chi connectivity index (χ3n) is 2.03. The first-order valence-corrected chi connectivity index (χ1v) is 8.18. The molecule has 4 nitrogen and oxygen atoms in total. The fraction of sp³-hybridized carbons (Fsp3) is 0. The molecule has 0 atom stereocenters. The van der Waals surface area contributed by atoms with Gasteiger partial charge in [-0.3, -0.25) is 4.72 Å². The topological polar surface area (TPSA) is 66.4 Å². The zero-order valence-electron chi connectivity index (χ0n) is 8.72. The monoisotopic (exact) mass is 367 g/mol. The van der Waals surface area contributed by atoms with E-state index in [1.54, 1.807) is 11.4 Å². The summed E-state index contributed by atoms with van der Waals surface area (Å²) in [5.74, 6) is -0.179. The summed E-state index contributed by atoms with van der Waals surface area (Å²) in [5.41, 5.74) is 0.247. The summed E-state index contributed by atoms with van der Waals surface area (Å²) in [6.07, 6.45) is 0. The summed E-state index contributed by atoms with van der Waals surface area (Å²) in [5, 5.41) is 11.2. The second-order valence-corrected chi connectivity index (χ2v) is 7.38. The van der Waals surface area contributed by atoms with E-state index in [0.717, 1.165) is 11.3 Å². The van der Waals surface area contributed by atoms with Gasteiger partial charge in [0, 0.05) is 10.5 Å². The molecule has 1 aromatic carbocycles. The van der Waals surface area contributed by atoms with Crippen LogP contribution in [-0.4, -0.2) is 13.5 Å². The van der Waals surface area contributed by atoms with Gasteiger partial charge in [0.15, 0.2) is 4.21 Å². The largest absolute Gasteiger partial charge is 0.506 e. The van der Waals surface area contributed by atoms with E-state index in [1.165, 1.54) is 18.2 Å². The van der Waals surface area contributed by atoms with Crippen molar-refractivity contribution >= 4 is 54.6 Å². The number of benzene rings is 1. The van der Waals surface area contributed by atoms with Gasteiger partial charge in [0.25, 0.3) is 10.0 Å². The van der Waals surface area contributed by atoms with E-state index in [4.69, 9.17) is 11.6 Å². The lowest BCUT2D eigenvalue weighted by Gasteiger charge is -2.07. The molecule has 2 N–H and O–H groups in total. The number of aromatic hydroxyl groups is 1. The molecule has 96 valence electrons. The molecule has 1 heterocycles. The van der Waals surface area contributed by atoms with Crippen molar-refractivity contribution in [3.8, 4) is 5.75 Å². The zero-order valence-corrected chi connectivity index (χ0v) is 12.7. The smallest absolute Gasteiger partial charge is 0.272 e. The fourth-order valence-electron chi connectivity index (χ4n) is 1.25. The van der Waals surface area contributed by atoms with Crippen molar-refractivity contribution in [3.05, 3.63) is 39.1 Å². The highest BCUT2D eigenvalue weighted by atomic mass is 79.9. The van der Waals surface area contributed by atoms with Gasteiger partial charge in [-0.1, -0.05) is 11.6 Å². The first-order chi connectivity index (χ1) is 8.40. The molecule has 1 aromatic heterocycles. The second-order valence-electron chi connectivity index (χ2n) is 3.33. The molecular weight excluding hydrogens is 362 g/mol. The van der Waals surface area contributed by atoms with Crippen LogP contribution in [-0.2, 0) is 10.0 Å². The number of rotatable bonds is 3. The molecule has 0 aliphatic heterocycles. The number of anilines is 1. The Morgan fingerprint density at radius 3 is 2.61 bits per heavy atom. The number of phenols is 1. The highest BCUT2D eigenvalue weighted by Gasteiger charge is 2.19. The highest BCUT2D eigenvalue weighted by Crippen LogP contribution is 2.31. The molecule has 0 amide bonds. The molecule has 0 aliphatic rings. The number of hydrogen-bond donors (Lipinski definition) is 2. The molecule has 0 aliphatic carbocycles. The van der Waals surface area contributed by atoms with Crippen LogP contribution in [0.4, 0.5) is 5.69 Å². The average molecular weight is 369 g/mol. The maximum atomic E-state index is 12.0. The predicted molar refractivity (Wildman–Crippen MR) is 75.9 cm³/mol. The Hall–Kier alpha value is -0.760. The summed E-state index contributed by atoms with van der Waals surface area (Å²) in [6.45, 7) is 0. The van der Waals surface area contributed by atoms with Gasteiger partial charge in [-0.2, -0.15) is 0 Å². The summed E-state index contributed by atoms with van der Waals surface area (Å²) in [6, 6.07) is 5.79. The summed E-state index contributed by atoms with van der Waals surface area (Å²) >= 11 is 9.90. The van der Waals surface area contributed by atoms with Gasteiger partial charge >= 0.3 is 0 Å². The maximum Gasteiger partial charge on any atom is 0.272 e. The van der Waals surface area contributed by atoms with Crippen molar-refractivity contribution in [2.24, 2.45) is 0 Å². The first kappa shape index (κ1) is 13.7. The van der Waals surface area contributed by atoms with Gasteiger partial charge in [0.2, 0.25) is 0 Å². The quantitative estimate of drug-likeness (QED) is 0.868. The molecule has 0 bridgehead atoms. The van der Waals surface area contributed by atoms with Crippen molar-refractivity contribution in [3.63, 3.8) is 0 Å². The van der Waals surface area contributed by atoms with Crippen LogP contribution in [0.2, 0.25) is 5.02 Å². The lowest BCUT2D eigenvalue weighted by atomic mass is 10.3. The Morgan fingerprint density at radius 2 is 2.06 bits per heavy atom. The van der Waals surface area contributed by atoms with Crippen LogP contribution >= 0.6 is 38.9 Å². The lowest BCUT2D eigenvalue weighted by Crippen LogP contribution is -2.11. The van der Waals surface area contributed by atoms with Crippen LogP contribution in [0.3, 0.4) is 0 Å². The normalized spacial score (nSPS) is 11.4. The molecule has 0 saturated heterocycles. The predicted octanol–water partition coefficient (Wildman–Crippen LogP) is 3.67. The lowest BCUT2D eigenvalue weighted by molar-refractivity contribution is 0.476. The van der Waals surface area contributed by atoms with Crippen molar-refractivity contribution < 1.29 is 13.5 Å². The fourth-order valence-corrected chi connectivity index (χ4v) is 4.76. The van der Waals surface area contributed by atoms with Gasteiger partial charge in [-0.25, -0.2) is 8.42 Å². The highest BCUT2D eigenvalue weighted by molar-refractivity contribution is 9.10. The molecule has 0 radical (unpaired) electrons. The molecule has 18 heavy (non-hydrogen) atoms. The van der Waals surface area contributed by atoms with E-state index in [0.29, 0.717) is 4.47 Å². The Labute approximate surface area is 121 Å². The minimum absolute atomic E-state index is 0.162. The second kappa shape index (κ2) is 5.08. The minimum Gasteiger partial charge on any atom is -0.506 e. The Kier molecular flexibility index (Phi) is 3.86. The van der Waals surface area contributed by atoms with Crippen LogP contribution in [0, 0.1) is 0 Å². The average Bonchev–Trinajstić information content (AvgIpc) is 2.70. The van der Waals surface area contributed by atoms with E-state index in [2.05, 4.69) is 20.7 Å².